The van der Waals surface area contributed by atoms with Crippen LogP contribution in [0.4, 0.5) is 26.3 Å². The van der Waals surface area contributed by atoms with Crippen molar-refractivity contribution >= 4 is 0 Å². The first-order chi connectivity index (χ1) is 6.30. The third kappa shape index (κ3) is 3.71. The second-order valence-electron chi connectivity index (χ2n) is 2.09. The first kappa shape index (κ1) is 12.9. The van der Waals surface area contributed by atoms with Gasteiger partial charge in [-0.15, -0.1) is 0 Å². The van der Waals surface area contributed by atoms with E-state index in [-0.39, 0.29) is 0 Å². The zero-order valence-electron chi connectivity index (χ0n) is 6.74. The lowest BCUT2D eigenvalue weighted by atomic mass is 10.3. The Morgan fingerprint density at radius 3 is 2.14 bits per heavy atom. The standard InChI is InChI=1S/C7H6F6O/c1-2-3-14-6(10)4(5(8)9)7(11,12)13/h2,5H,1,3H2. The summed E-state index contributed by atoms with van der Waals surface area (Å²) in [6.07, 6.45) is -8.49. The Kier molecular flexibility index (Phi) is 4.52. The van der Waals surface area contributed by atoms with Gasteiger partial charge in [-0.05, 0) is 0 Å². The fourth-order valence-electron chi connectivity index (χ4n) is 0.531. The Balaban J connectivity index is 4.86. The molecule has 0 N–H and O–H groups in total. The molecule has 0 saturated carbocycles. The molecule has 0 aromatic rings. The lowest BCUT2D eigenvalue weighted by molar-refractivity contribution is -0.115. The van der Waals surface area contributed by atoms with E-state index in [0.29, 0.717) is 0 Å². The molecule has 0 bridgehead atoms. The molecule has 0 atom stereocenters. The van der Waals surface area contributed by atoms with Crippen LogP contribution >= 0.6 is 0 Å². The summed E-state index contributed by atoms with van der Waals surface area (Å²) in [7, 11) is 0. The van der Waals surface area contributed by atoms with E-state index >= 15 is 0 Å². The van der Waals surface area contributed by atoms with Gasteiger partial charge >= 0.3 is 6.18 Å². The minimum Gasteiger partial charge on any atom is -0.466 e. The first-order valence-electron chi connectivity index (χ1n) is 3.29. The van der Waals surface area contributed by atoms with Crippen LogP contribution in [0.15, 0.2) is 24.2 Å². The van der Waals surface area contributed by atoms with Crippen molar-refractivity contribution in [2.45, 2.75) is 12.6 Å². The number of ether oxygens (including phenoxy) is 1. The van der Waals surface area contributed by atoms with Crippen molar-refractivity contribution in [3.05, 3.63) is 24.2 Å². The Morgan fingerprint density at radius 2 is 1.86 bits per heavy atom. The summed E-state index contributed by atoms with van der Waals surface area (Å²) < 4.78 is 74.9. The molecular weight excluding hydrogens is 214 g/mol. The van der Waals surface area contributed by atoms with Crippen LogP contribution in [0, 0.1) is 0 Å². The molecule has 14 heavy (non-hydrogen) atoms. The summed E-state index contributed by atoms with van der Waals surface area (Å²) in [6.45, 7) is 2.40. The summed E-state index contributed by atoms with van der Waals surface area (Å²) in [4.78, 5) is 0. The predicted molar refractivity (Wildman–Crippen MR) is 36.3 cm³/mol. The molecule has 0 saturated heterocycles. The number of allylic oxidation sites excluding steroid dienone is 1. The van der Waals surface area contributed by atoms with Crippen molar-refractivity contribution in [3.8, 4) is 0 Å². The van der Waals surface area contributed by atoms with Gasteiger partial charge in [-0.3, -0.25) is 0 Å². The fraction of sp³-hybridized carbons (Fsp3) is 0.429. The maximum Gasteiger partial charge on any atom is 0.424 e. The number of halogens is 6. The maximum atomic E-state index is 12.4. The molecule has 7 heteroatoms. The molecular formula is C7H6F6O. The molecule has 0 amide bonds. The Labute approximate surface area is 75.7 Å². The zero-order chi connectivity index (χ0) is 11.4. The number of alkyl halides is 5. The highest BCUT2D eigenvalue weighted by atomic mass is 19.4. The lowest BCUT2D eigenvalue weighted by Crippen LogP contribution is -2.20. The molecule has 0 fully saturated rings. The van der Waals surface area contributed by atoms with E-state index in [2.05, 4.69) is 11.3 Å². The summed E-state index contributed by atoms with van der Waals surface area (Å²) in [5.41, 5.74) is -2.61. The van der Waals surface area contributed by atoms with Gasteiger partial charge in [-0.2, -0.15) is 17.6 Å². The second kappa shape index (κ2) is 4.92. The van der Waals surface area contributed by atoms with E-state index < -0.39 is 30.8 Å². The average Bonchev–Trinajstić information content (AvgIpc) is 1.97. The minimum atomic E-state index is -5.45. The minimum absolute atomic E-state index is 0.613. The van der Waals surface area contributed by atoms with Gasteiger partial charge in [0.15, 0.2) is 5.57 Å². The Hall–Kier alpha value is -1.14. The normalized spacial score (nSPS) is 13.9. The third-order valence-corrected chi connectivity index (χ3v) is 1.06. The topological polar surface area (TPSA) is 9.23 Å². The van der Waals surface area contributed by atoms with Crippen LogP contribution in [0.2, 0.25) is 0 Å². The van der Waals surface area contributed by atoms with Crippen molar-refractivity contribution in [1.29, 1.82) is 0 Å². The predicted octanol–water partition coefficient (Wildman–Crippen LogP) is 3.20. The largest absolute Gasteiger partial charge is 0.466 e. The van der Waals surface area contributed by atoms with Crippen LogP contribution in [-0.2, 0) is 4.74 Å². The van der Waals surface area contributed by atoms with Gasteiger partial charge in [0.25, 0.3) is 12.4 Å². The summed E-state index contributed by atoms with van der Waals surface area (Å²) >= 11 is 0. The van der Waals surface area contributed by atoms with Gasteiger partial charge in [-0.1, -0.05) is 12.7 Å². The fourth-order valence-corrected chi connectivity index (χ4v) is 0.531. The molecule has 82 valence electrons. The number of hydrogen-bond acceptors (Lipinski definition) is 1. The summed E-state index contributed by atoms with van der Waals surface area (Å²) in [5, 5.41) is 0. The van der Waals surface area contributed by atoms with Gasteiger partial charge in [-0.25, -0.2) is 8.78 Å². The molecule has 0 unspecified atom stereocenters. The van der Waals surface area contributed by atoms with Crippen LogP contribution in [0.25, 0.3) is 0 Å². The number of hydrogen-bond donors (Lipinski definition) is 0. The van der Waals surface area contributed by atoms with Gasteiger partial charge < -0.3 is 4.74 Å². The first-order valence-corrected chi connectivity index (χ1v) is 3.29. The van der Waals surface area contributed by atoms with Crippen molar-refractivity contribution < 1.29 is 31.1 Å². The van der Waals surface area contributed by atoms with E-state index in [4.69, 9.17) is 0 Å². The molecule has 0 spiro atoms. The van der Waals surface area contributed by atoms with E-state index in [1.54, 1.807) is 0 Å². The zero-order valence-corrected chi connectivity index (χ0v) is 6.74. The third-order valence-electron chi connectivity index (χ3n) is 1.06. The van der Waals surface area contributed by atoms with E-state index in [9.17, 15) is 26.3 Å². The monoisotopic (exact) mass is 220 g/mol. The van der Waals surface area contributed by atoms with Crippen molar-refractivity contribution in [1.82, 2.24) is 0 Å². The van der Waals surface area contributed by atoms with Crippen LogP contribution in [0.1, 0.15) is 0 Å². The lowest BCUT2D eigenvalue weighted by Gasteiger charge is -2.11. The highest BCUT2D eigenvalue weighted by molar-refractivity contribution is 5.12. The van der Waals surface area contributed by atoms with Crippen LogP contribution < -0.4 is 0 Å². The Bertz CT molecular complexity index is 229. The summed E-state index contributed by atoms with van der Waals surface area (Å²) in [5.74, 6) is 0. The molecule has 0 aliphatic rings. The van der Waals surface area contributed by atoms with Crippen LogP contribution in [-0.4, -0.2) is 19.2 Å². The highest BCUT2D eigenvalue weighted by Crippen LogP contribution is 2.33. The SMILES string of the molecule is C=CCOC(F)=C(C(F)F)C(F)(F)F. The second-order valence-corrected chi connectivity index (χ2v) is 2.09. The molecule has 0 aliphatic heterocycles. The van der Waals surface area contributed by atoms with E-state index in [0.717, 1.165) is 6.08 Å². The van der Waals surface area contributed by atoms with Crippen molar-refractivity contribution in [2.24, 2.45) is 0 Å². The van der Waals surface area contributed by atoms with Gasteiger partial charge in [0.2, 0.25) is 0 Å². The molecule has 0 aromatic heterocycles. The van der Waals surface area contributed by atoms with Gasteiger partial charge in [0, 0.05) is 0 Å². The highest BCUT2D eigenvalue weighted by Gasteiger charge is 2.44. The van der Waals surface area contributed by atoms with Gasteiger partial charge in [0.1, 0.15) is 6.61 Å². The molecule has 0 heterocycles. The summed E-state index contributed by atoms with van der Waals surface area (Å²) in [6, 6.07) is -2.33. The van der Waals surface area contributed by atoms with Crippen molar-refractivity contribution in [3.63, 3.8) is 0 Å². The quantitative estimate of drug-likeness (QED) is 0.401. The van der Waals surface area contributed by atoms with Crippen LogP contribution in [0.5, 0.6) is 0 Å². The van der Waals surface area contributed by atoms with Crippen LogP contribution in [0.3, 0.4) is 0 Å². The molecule has 0 aromatic carbocycles. The average molecular weight is 220 g/mol. The molecule has 0 radical (unpaired) electrons. The van der Waals surface area contributed by atoms with Gasteiger partial charge in [0.05, 0.1) is 0 Å². The maximum absolute atomic E-state index is 12.4. The molecule has 1 nitrogen and oxygen atoms in total. The van der Waals surface area contributed by atoms with Crippen molar-refractivity contribution in [2.75, 3.05) is 6.61 Å². The Morgan fingerprint density at radius 1 is 1.36 bits per heavy atom. The van der Waals surface area contributed by atoms with E-state index in [1.165, 1.54) is 0 Å². The molecule has 0 aliphatic carbocycles. The van der Waals surface area contributed by atoms with E-state index in [1.807, 2.05) is 0 Å². The number of rotatable bonds is 4. The molecule has 0 rings (SSSR count). The smallest absolute Gasteiger partial charge is 0.424 e.